The molecular formula is C7H12ClNO. The van der Waals surface area contributed by atoms with Crippen LogP contribution in [0.3, 0.4) is 0 Å². The van der Waals surface area contributed by atoms with E-state index in [9.17, 15) is 0 Å². The van der Waals surface area contributed by atoms with Gasteiger partial charge in [-0.1, -0.05) is 0 Å². The molecule has 0 amide bonds. The molecule has 0 radical (unpaired) electrons. The van der Waals surface area contributed by atoms with Gasteiger partial charge in [0.2, 0.25) is 0 Å². The van der Waals surface area contributed by atoms with Crippen LogP contribution in [-0.2, 0) is 6.42 Å². The van der Waals surface area contributed by atoms with Crippen LogP contribution in [0.1, 0.15) is 12.7 Å². The highest BCUT2D eigenvalue weighted by atomic mass is 35.5. The molecule has 10 heavy (non-hydrogen) atoms. The molecule has 3 heteroatoms. The summed E-state index contributed by atoms with van der Waals surface area (Å²) in [7, 11) is 0. The zero-order valence-corrected chi connectivity index (χ0v) is 6.73. The molecule has 1 rings (SSSR count). The molecule has 1 heterocycles. The van der Waals surface area contributed by atoms with Gasteiger partial charge in [0.1, 0.15) is 5.76 Å². The van der Waals surface area contributed by atoms with Crippen LogP contribution in [0.15, 0.2) is 22.8 Å². The van der Waals surface area contributed by atoms with E-state index in [4.69, 9.17) is 10.2 Å². The maximum absolute atomic E-state index is 5.52. The average Bonchev–Trinajstić information content (AvgIpc) is 2.15. The van der Waals surface area contributed by atoms with Gasteiger partial charge in [0, 0.05) is 12.5 Å². The third-order valence-corrected chi connectivity index (χ3v) is 1.10. The molecule has 1 aromatic heterocycles. The molecule has 0 saturated carbocycles. The lowest BCUT2D eigenvalue weighted by Gasteiger charge is -1.98. The molecule has 0 aliphatic carbocycles. The number of furan rings is 1. The summed E-state index contributed by atoms with van der Waals surface area (Å²) in [6, 6.07) is 4.00. The number of hydrogen-bond donors (Lipinski definition) is 1. The largest absolute Gasteiger partial charge is 0.469 e. The molecule has 0 fully saturated rings. The monoisotopic (exact) mass is 161 g/mol. The quantitative estimate of drug-likeness (QED) is 0.716. The van der Waals surface area contributed by atoms with Gasteiger partial charge in [-0.05, 0) is 19.1 Å². The number of hydrogen-bond acceptors (Lipinski definition) is 2. The van der Waals surface area contributed by atoms with E-state index >= 15 is 0 Å². The van der Waals surface area contributed by atoms with Crippen molar-refractivity contribution in [3.8, 4) is 0 Å². The second-order valence-corrected chi connectivity index (χ2v) is 2.26. The van der Waals surface area contributed by atoms with E-state index in [0.29, 0.717) is 0 Å². The lowest BCUT2D eigenvalue weighted by atomic mass is 10.2. The Kier molecular flexibility index (Phi) is 4.16. The van der Waals surface area contributed by atoms with Crippen LogP contribution >= 0.6 is 12.4 Å². The van der Waals surface area contributed by atoms with Crippen molar-refractivity contribution < 1.29 is 4.42 Å². The molecular weight excluding hydrogens is 150 g/mol. The van der Waals surface area contributed by atoms with Crippen molar-refractivity contribution in [3.05, 3.63) is 24.2 Å². The van der Waals surface area contributed by atoms with E-state index in [-0.39, 0.29) is 18.4 Å². The summed E-state index contributed by atoms with van der Waals surface area (Å²) in [5.41, 5.74) is 5.52. The summed E-state index contributed by atoms with van der Waals surface area (Å²) in [4.78, 5) is 0. The first-order valence-corrected chi connectivity index (χ1v) is 3.07. The lowest BCUT2D eigenvalue weighted by Crippen LogP contribution is -2.17. The first-order valence-electron chi connectivity index (χ1n) is 3.07. The smallest absolute Gasteiger partial charge is 0.105 e. The molecule has 0 saturated heterocycles. The van der Waals surface area contributed by atoms with Crippen molar-refractivity contribution in [2.24, 2.45) is 5.73 Å². The van der Waals surface area contributed by atoms with Crippen molar-refractivity contribution >= 4 is 12.4 Å². The number of halogens is 1. The van der Waals surface area contributed by atoms with Crippen molar-refractivity contribution in [2.45, 2.75) is 19.4 Å². The van der Waals surface area contributed by atoms with E-state index in [0.717, 1.165) is 12.2 Å². The molecule has 2 nitrogen and oxygen atoms in total. The first-order chi connectivity index (χ1) is 4.29. The zero-order chi connectivity index (χ0) is 6.69. The van der Waals surface area contributed by atoms with Crippen molar-refractivity contribution in [1.29, 1.82) is 0 Å². The van der Waals surface area contributed by atoms with Crippen molar-refractivity contribution in [2.75, 3.05) is 0 Å². The number of nitrogens with two attached hydrogens (primary N) is 1. The topological polar surface area (TPSA) is 39.2 Å². The maximum Gasteiger partial charge on any atom is 0.105 e. The van der Waals surface area contributed by atoms with Gasteiger partial charge in [0.15, 0.2) is 0 Å². The second kappa shape index (κ2) is 4.36. The predicted molar refractivity (Wildman–Crippen MR) is 43.3 cm³/mol. The highest BCUT2D eigenvalue weighted by Crippen LogP contribution is 2.01. The van der Waals surface area contributed by atoms with Crippen LogP contribution in [0.25, 0.3) is 0 Å². The van der Waals surface area contributed by atoms with Crippen LogP contribution in [0.2, 0.25) is 0 Å². The minimum absolute atomic E-state index is 0. The molecule has 2 N–H and O–H groups in total. The standard InChI is InChI=1S/C7H11NO.ClH/c1-6(8)5-7-3-2-4-9-7;/h2-4,6H,5,8H2,1H3;1H. The minimum atomic E-state index is 0. The summed E-state index contributed by atoms with van der Waals surface area (Å²) in [6.45, 7) is 1.96. The third-order valence-electron chi connectivity index (χ3n) is 1.10. The van der Waals surface area contributed by atoms with Crippen LogP contribution in [-0.4, -0.2) is 6.04 Å². The summed E-state index contributed by atoms with van der Waals surface area (Å²) in [6.07, 6.45) is 2.49. The van der Waals surface area contributed by atoms with E-state index in [1.165, 1.54) is 0 Å². The van der Waals surface area contributed by atoms with E-state index in [1.807, 2.05) is 19.1 Å². The Morgan fingerprint density at radius 2 is 2.40 bits per heavy atom. The van der Waals surface area contributed by atoms with Crippen molar-refractivity contribution in [1.82, 2.24) is 0 Å². The molecule has 0 bridgehead atoms. The average molecular weight is 162 g/mol. The van der Waals surface area contributed by atoms with Crippen LogP contribution in [0, 0.1) is 0 Å². The van der Waals surface area contributed by atoms with Crippen LogP contribution in [0.4, 0.5) is 0 Å². The fourth-order valence-corrected chi connectivity index (χ4v) is 0.746. The van der Waals surface area contributed by atoms with Crippen LogP contribution < -0.4 is 5.73 Å². The molecule has 0 spiro atoms. The van der Waals surface area contributed by atoms with E-state index in [2.05, 4.69) is 0 Å². The van der Waals surface area contributed by atoms with E-state index < -0.39 is 0 Å². The first kappa shape index (κ1) is 9.53. The Labute approximate surface area is 66.8 Å². The summed E-state index contributed by atoms with van der Waals surface area (Å²) in [5, 5.41) is 0. The Hall–Kier alpha value is -0.470. The summed E-state index contributed by atoms with van der Waals surface area (Å²) in [5.74, 6) is 0.963. The normalized spacial score (nSPS) is 12.2. The van der Waals surface area contributed by atoms with Gasteiger partial charge in [-0.2, -0.15) is 0 Å². The molecule has 58 valence electrons. The fourth-order valence-electron chi connectivity index (χ4n) is 0.746. The molecule has 1 aromatic rings. The third kappa shape index (κ3) is 2.90. The highest BCUT2D eigenvalue weighted by molar-refractivity contribution is 5.85. The Morgan fingerprint density at radius 1 is 1.70 bits per heavy atom. The summed E-state index contributed by atoms with van der Waals surface area (Å²) >= 11 is 0. The zero-order valence-electron chi connectivity index (χ0n) is 5.91. The maximum atomic E-state index is 5.52. The Balaban J connectivity index is 0.000000810. The Morgan fingerprint density at radius 3 is 2.80 bits per heavy atom. The molecule has 0 aliphatic rings. The van der Waals surface area contributed by atoms with Gasteiger partial charge >= 0.3 is 0 Å². The van der Waals surface area contributed by atoms with E-state index in [1.54, 1.807) is 6.26 Å². The van der Waals surface area contributed by atoms with Gasteiger partial charge in [-0.15, -0.1) is 12.4 Å². The van der Waals surface area contributed by atoms with Crippen LogP contribution in [0.5, 0.6) is 0 Å². The predicted octanol–water partition coefficient (Wildman–Crippen LogP) is 1.59. The lowest BCUT2D eigenvalue weighted by molar-refractivity contribution is 0.492. The van der Waals surface area contributed by atoms with Crippen molar-refractivity contribution in [3.63, 3.8) is 0 Å². The molecule has 0 aromatic carbocycles. The summed E-state index contributed by atoms with van der Waals surface area (Å²) < 4.78 is 5.06. The van der Waals surface area contributed by atoms with Gasteiger partial charge in [0.25, 0.3) is 0 Å². The number of rotatable bonds is 2. The van der Waals surface area contributed by atoms with Gasteiger partial charge < -0.3 is 10.2 Å². The second-order valence-electron chi connectivity index (χ2n) is 2.26. The highest BCUT2D eigenvalue weighted by Gasteiger charge is 1.97. The van der Waals surface area contributed by atoms with Gasteiger partial charge in [-0.25, -0.2) is 0 Å². The molecule has 0 aliphatic heterocycles. The fraction of sp³-hybridized carbons (Fsp3) is 0.429. The van der Waals surface area contributed by atoms with Gasteiger partial charge in [0.05, 0.1) is 6.26 Å². The minimum Gasteiger partial charge on any atom is -0.469 e. The molecule has 1 atom stereocenters. The SMILES string of the molecule is CC(N)Cc1ccco1.Cl. The van der Waals surface area contributed by atoms with Gasteiger partial charge in [-0.3, -0.25) is 0 Å². The Bertz CT molecular complexity index is 160. The molecule has 1 unspecified atom stereocenters.